The van der Waals surface area contributed by atoms with Crippen molar-refractivity contribution in [3.63, 3.8) is 0 Å². The van der Waals surface area contributed by atoms with Crippen molar-refractivity contribution in [2.24, 2.45) is 11.8 Å². The molecule has 2 saturated carbocycles. The van der Waals surface area contributed by atoms with Gasteiger partial charge in [0.1, 0.15) is 0 Å². The first-order valence-electron chi connectivity index (χ1n) is 10.1. The molecule has 2 unspecified atom stereocenters. The molecule has 4 aliphatic rings. The molecular formula is C26H39SiZr. The molecule has 0 bridgehead atoms. The molecular weight excluding hydrogens is 432 g/mol. The molecule has 0 aromatic rings. The summed E-state index contributed by atoms with van der Waals surface area (Å²) in [7, 11) is 0.750. The molecule has 4 rings (SSSR count). The molecule has 0 heterocycles. The van der Waals surface area contributed by atoms with Crippen LogP contribution in [0, 0.1) is 38.5 Å². The minimum absolute atomic E-state index is 0. The summed E-state index contributed by atoms with van der Waals surface area (Å²) in [6, 6.07) is 0. The summed E-state index contributed by atoms with van der Waals surface area (Å²) in [6.07, 6.45) is 29.1. The van der Waals surface area contributed by atoms with Crippen LogP contribution in [0.25, 0.3) is 0 Å². The van der Waals surface area contributed by atoms with E-state index in [2.05, 4.69) is 89.4 Å². The van der Waals surface area contributed by atoms with Gasteiger partial charge in [0.15, 0.2) is 0 Å². The predicted molar refractivity (Wildman–Crippen MR) is 128 cm³/mol. The van der Waals surface area contributed by atoms with Crippen LogP contribution in [0.15, 0.2) is 72.9 Å². The SMILES string of the molecule is C1=CCC2CC[CH-]C2=C1.C1=CCC2CC[CH-]C2=C1.C=C[CH2-].C=C[CH2-].C[SiH]C.[Zr+4]. The zero-order chi connectivity index (χ0) is 20.3. The van der Waals surface area contributed by atoms with Gasteiger partial charge >= 0.3 is 26.2 Å². The summed E-state index contributed by atoms with van der Waals surface area (Å²) in [6.45, 7) is 17.4. The quantitative estimate of drug-likeness (QED) is 0.254. The van der Waals surface area contributed by atoms with Crippen LogP contribution >= 0.6 is 0 Å². The zero-order valence-electron chi connectivity index (χ0n) is 18.1. The third-order valence-corrected chi connectivity index (χ3v) is 4.42. The summed E-state index contributed by atoms with van der Waals surface area (Å²) in [5.74, 6) is 1.77. The molecule has 2 atom stereocenters. The average molecular weight is 471 g/mol. The van der Waals surface area contributed by atoms with E-state index in [9.17, 15) is 0 Å². The fraction of sp³-hybridized carbons (Fsp3) is 0.385. The van der Waals surface area contributed by atoms with E-state index in [1.54, 1.807) is 11.1 Å². The van der Waals surface area contributed by atoms with E-state index in [1.165, 1.54) is 50.7 Å². The van der Waals surface area contributed by atoms with Crippen LogP contribution < -0.4 is 0 Å². The molecule has 28 heavy (non-hydrogen) atoms. The molecule has 0 aromatic heterocycles. The standard InChI is InChI=1S/2C9H11.2C3H5.C2H7Si.Zr/c2*1-2-5-9-7-3-6-8(9)4-1;3*1-3-2;/h2*1-2,4,6,9H,3,5,7H2;2*3H,1-2H2;3H,1-2H3;/q4*-1;;+4. The Labute approximate surface area is 198 Å². The van der Waals surface area contributed by atoms with Crippen LogP contribution in [0.1, 0.15) is 38.5 Å². The molecule has 0 amide bonds. The third kappa shape index (κ3) is 13.2. The number of allylic oxidation sites excluding steroid dienone is 10. The van der Waals surface area contributed by atoms with Gasteiger partial charge in [0.2, 0.25) is 0 Å². The molecule has 0 nitrogen and oxygen atoms in total. The maximum atomic E-state index is 3.25. The van der Waals surface area contributed by atoms with E-state index in [0.29, 0.717) is 0 Å². The van der Waals surface area contributed by atoms with Crippen molar-refractivity contribution < 1.29 is 26.2 Å². The van der Waals surface area contributed by atoms with Gasteiger partial charge in [-0.2, -0.15) is 0 Å². The Morgan fingerprint density at radius 3 is 1.50 bits per heavy atom. The zero-order valence-corrected chi connectivity index (χ0v) is 21.7. The van der Waals surface area contributed by atoms with Gasteiger partial charge in [-0.3, -0.25) is 0 Å². The second-order valence-electron chi connectivity index (χ2n) is 6.77. The fourth-order valence-corrected chi connectivity index (χ4v) is 3.33. The van der Waals surface area contributed by atoms with Gasteiger partial charge in [0.05, 0.1) is 0 Å². The van der Waals surface area contributed by atoms with Gasteiger partial charge in [-0.1, -0.05) is 25.9 Å². The van der Waals surface area contributed by atoms with E-state index in [-0.39, 0.29) is 26.2 Å². The topological polar surface area (TPSA) is 0 Å². The minimum atomic E-state index is 0. The number of rotatable bonds is 0. The Balaban J connectivity index is 0. The average Bonchev–Trinajstić information content (AvgIpc) is 3.33. The molecule has 0 saturated heterocycles. The first kappa shape index (κ1) is 29.2. The van der Waals surface area contributed by atoms with Gasteiger partial charge in [-0.15, -0.1) is 37.1 Å². The molecule has 1 radical (unpaired) electrons. The molecule has 0 N–H and O–H groups in total. The maximum absolute atomic E-state index is 3.25. The van der Waals surface area contributed by atoms with E-state index in [0.717, 1.165) is 21.4 Å². The Hall–Kier alpha value is -0.980. The summed E-state index contributed by atoms with van der Waals surface area (Å²) in [4.78, 5) is 0. The van der Waals surface area contributed by atoms with Crippen LogP contribution in [-0.2, 0) is 26.2 Å². The second-order valence-corrected chi connectivity index (χ2v) is 7.93. The second kappa shape index (κ2) is 20.7. The van der Waals surface area contributed by atoms with Crippen molar-refractivity contribution >= 4 is 9.52 Å². The monoisotopic (exact) mass is 469 g/mol. The van der Waals surface area contributed by atoms with Gasteiger partial charge in [0, 0.05) is 9.52 Å². The molecule has 0 aromatic carbocycles. The van der Waals surface area contributed by atoms with Crippen LogP contribution in [0.4, 0.5) is 0 Å². The molecule has 4 aliphatic carbocycles. The minimum Gasteiger partial charge on any atom is -0.245 e. The molecule has 0 aliphatic heterocycles. The summed E-state index contributed by atoms with van der Waals surface area (Å²) in [5.41, 5.74) is 3.16. The number of hydrogen-bond donors (Lipinski definition) is 0. The maximum Gasteiger partial charge on any atom is 4.00 e. The summed E-state index contributed by atoms with van der Waals surface area (Å²) < 4.78 is 0. The van der Waals surface area contributed by atoms with E-state index in [4.69, 9.17) is 0 Å². The largest absolute Gasteiger partial charge is 4.00 e. The van der Waals surface area contributed by atoms with Crippen molar-refractivity contribution in [3.05, 3.63) is 99.6 Å². The van der Waals surface area contributed by atoms with Crippen LogP contribution in [0.3, 0.4) is 0 Å². The first-order valence-corrected chi connectivity index (χ1v) is 12.4. The Kier molecular flexibility index (Phi) is 21.7. The van der Waals surface area contributed by atoms with Gasteiger partial charge in [-0.25, -0.2) is 75.3 Å². The van der Waals surface area contributed by atoms with Gasteiger partial charge < -0.3 is 0 Å². The Morgan fingerprint density at radius 1 is 0.893 bits per heavy atom. The van der Waals surface area contributed by atoms with Crippen molar-refractivity contribution in [2.45, 2.75) is 51.6 Å². The van der Waals surface area contributed by atoms with Gasteiger partial charge in [-0.05, 0) is 24.7 Å². The fourth-order valence-electron chi connectivity index (χ4n) is 3.33. The summed E-state index contributed by atoms with van der Waals surface area (Å²) in [5, 5.41) is 0. The first-order chi connectivity index (χ1) is 13.2. The van der Waals surface area contributed by atoms with Crippen molar-refractivity contribution in [1.82, 2.24) is 0 Å². The van der Waals surface area contributed by atoms with Crippen LogP contribution in [0.2, 0.25) is 13.1 Å². The number of hydrogen-bond acceptors (Lipinski definition) is 0. The van der Waals surface area contributed by atoms with Crippen molar-refractivity contribution in [1.29, 1.82) is 0 Å². The van der Waals surface area contributed by atoms with E-state index < -0.39 is 0 Å². The third-order valence-electron chi connectivity index (χ3n) is 4.42. The normalized spacial score (nSPS) is 21.5. The van der Waals surface area contributed by atoms with E-state index in [1.807, 2.05) is 0 Å². The molecule has 151 valence electrons. The van der Waals surface area contributed by atoms with Gasteiger partial charge in [0.25, 0.3) is 0 Å². The van der Waals surface area contributed by atoms with Crippen LogP contribution in [-0.4, -0.2) is 9.52 Å². The van der Waals surface area contributed by atoms with E-state index >= 15 is 0 Å². The molecule has 0 spiro atoms. The number of fused-ring (bicyclic) bond motifs is 2. The predicted octanol–water partition coefficient (Wildman–Crippen LogP) is 7.50. The summed E-state index contributed by atoms with van der Waals surface area (Å²) >= 11 is 0. The smallest absolute Gasteiger partial charge is 0.245 e. The molecule has 2 heteroatoms. The van der Waals surface area contributed by atoms with Crippen molar-refractivity contribution in [3.8, 4) is 0 Å². The molecule has 2 fully saturated rings. The van der Waals surface area contributed by atoms with Crippen molar-refractivity contribution in [2.75, 3.05) is 0 Å². The Bertz CT molecular complexity index is 465. The Morgan fingerprint density at radius 2 is 1.21 bits per heavy atom. The van der Waals surface area contributed by atoms with Crippen LogP contribution in [0.5, 0.6) is 0 Å².